The zero-order valence-corrected chi connectivity index (χ0v) is 16.7. The van der Waals surface area contributed by atoms with Gasteiger partial charge in [0.15, 0.2) is 22.2 Å². The number of aromatic nitrogens is 1. The maximum Gasteiger partial charge on any atom is 0.257 e. The lowest BCUT2D eigenvalue weighted by Crippen LogP contribution is -2.34. The van der Waals surface area contributed by atoms with Crippen molar-refractivity contribution in [2.75, 3.05) is 12.1 Å². The molecule has 0 atom stereocenters. The zero-order valence-electron chi connectivity index (χ0n) is 15.8. The molecule has 0 saturated heterocycles. The molecule has 0 fully saturated rings. The van der Waals surface area contributed by atoms with Gasteiger partial charge in [-0.05, 0) is 72.9 Å². The molecule has 3 aromatic carbocycles. The number of ether oxygens (including phenoxy) is 2. The molecule has 154 valence electrons. The number of thiocarbonyl (C=S) groups is 1. The summed E-state index contributed by atoms with van der Waals surface area (Å²) in [7, 11) is 0. The SMILES string of the molecule is O=C(NC(=S)Nc1ccc2oc(-c3ccc(F)cc3)nc2c1)c1ccc2c(c1)OCO2. The number of nitrogens with zero attached hydrogens (tertiary/aromatic N) is 1. The van der Waals surface area contributed by atoms with Crippen LogP contribution in [0.5, 0.6) is 11.5 Å². The number of benzene rings is 3. The summed E-state index contributed by atoms with van der Waals surface area (Å²) in [6.45, 7) is 0.133. The number of amides is 1. The van der Waals surface area contributed by atoms with Crippen LogP contribution in [0.2, 0.25) is 0 Å². The lowest BCUT2D eigenvalue weighted by molar-refractivity contribution is 0.0977. The Labute approximate surface area is 180 Å². The Kier molecular flexibility index (Phi) is 4.72. The smallest absolute Gasteiger partial charge is 0.257 e. The third-order valence-corrected chi connectivity index (χ3v) is 4.80. The first-order valence-electron chi connectivity index (χ1n) is 9.24. The average Bonchev–Trinajstić information content (AvgIpc) is 3.40. The highest BCUT2D eigenvalue weighted by Crippen LogP contribution is 2.32. The molecule has 1 aromatic heterocycles. The number of rotatable bonds is 3. The molecule has 1 aliphatic rings. The van der Waals surface area contributed by atoms with Gasteiger partial charge in [-0.25, -0.2) is 9.37 Å². The van der Waals surface area contributed by atoms with Gasteiger partial charge in [0, 0.05) is 16.8 Å². The first-order valence-corrected chi connectivity index (χ1v) is 9.64. The Bertz CT molecular complexity index is 1320. The van der Waals surface area contributed by atoms with Gasteiger partial charge in [-0.15, -0.1) is 0 Å². The second-order valence-corrected chi connectivity index (χ2v) is 7.09. The molecule has 0 radical (unpaired) electrons. The van der Waals surface area contributed by atoms with Crippen LogP contribution in [0.3, 0.4) is 0 Å². The number of nitrogens with one attached hydrogen (secondary N) is 2. The van der Waals surface area contributed by atoms with E-state index in [4.69, 9.17) is 26.1 Å². The van der Waals surface area contributed by atoms with Crippen LogP contribution in [0.4, 0.5) is 10.1 Å². The summed E-state index contributed by atoms with van der Waals surface area (Å²) in [5.74, 6) is 0.781. The van der Waals surface area contributed by atoms with E-state index in [1.54, 1.807) is 48.5 Å². The van der Waals surface area contributed by atoms with Crippen LogP contribution in [0.1, 0.15) is 10.4 Å². The van der Waals surface area contributed by atoms with Gasteiger partial charge < -0.3 is 19.2 Å². The third kappa shape index (κ3) is 3.90. The number of carbonyl (C=O) groups excluding carboxylic acids is 1. The monoisotopic (exact) mass is 435 g/mol. The van der Waals surface area contributed by atoms with Gasteiger partial charge in [-0.2, -0.15) is 0 Å². The van der Waals surface area contributed by atoms with E-state index < -0.39 is 0 Å². The fraction of sp³-hybridized carbons (Fsp3) is 0.0455. The molecule has 5 rings (SSSR count). The largest absolute Gasteiger partial charge is 0.454 e. The van der Waals surface area contributed by atoms with E-state index in [-0.39, 0.29) is 23.6 Å². The second kappa shape index (κ2) is 7.69. The molecule has 31 heavy (non-hydrogen) atoms. The van der Waals surface area contributed by atoms with Crippen LogP contribution in [0, 0.1) is 5.82 Å². The fourth-order valence-corrected chi connectivity index (χ4v) is 3.31. The number of hydrogen-bond acceptors (Lipinski definition) is 6. The second-order valence-electron chi connectivity index (χ2n) is 6.68. The minimum atomic E-state index is -0.378. The molecular weight excluding hydrogens is 421 g/mol. The lowest BCUT2D eigenvalue weighted by Gasteiger charge is -2.09. The van der Waals surface area contributed by atoms with E-state index in [1.165, 1.54) is 12.1 Å². The molecule has 2 N–H and O–H groups in total. The maximum atomic E-state index is 13.1. The third-order valence-electron chi connectivity index (χ3n) is 4.60. The number of halogens is 1. The quantitative estimate of drug-likeness (QED) is 0.459. The average molecular weight is 435 g/mol. The number of carbonyl (C=O) groups is 1. The van der Waals surface area contributed by atoms with Crippen molar-refractivity contribution in [3.05, 3.63) is 72.0 Å². The zero-order chi connectivity index (χ0) is 21.4. The van der Waals surface area contributed by atoms with Crippen LogP contribution in [0.25, 0.3) is 22.6 Å². The lowest BCUT2D eigenvalue weighted by atomic mass is 10.2. The number of fused-ring (bicyclic) bond motifs is 2. The Hall–Kier alpha value is -3.98. The highest BCUT2D eigenvalue weighted by atomic mass is 32.1. The van der Waals surface area contributed by atoms with Gasteiger partial charge in [0.25, 0.3) is 5.91 Å². The van der Waals surface area contributed by atoms with Gasteiger partial charge >= 0.3 is 0 Å². The predicted octanol–water partition coefficient (Wildman–Crippen LogP) is 4.49. The minimum Gasteiger partial charge on any atom is -0.454 e. The molecule has 0 aliphatic carbocycles. The summed E-state index contributed by atoms with van der Waals surface area (Å²) < 4.78 is 29.4. The molecule has 2 heterocycles. The summed E-state index contributed by atoms with van der Waals surface area (Å²) in [5.41, 5.74) is 2.85. The highest BCUT2D eigenvalue weighted by Gasteiger charge is 2.17. The summed E-state index contributed by atoms with van der Waals surface area (Å²) in [6.07, 6.45) is 0. The van der Waals surface area contributed by atoms with Gasteiger partial charge in [0.05, 0.1) is 0 Å². The molecule has 7 nitrogen and oxygen atoms in total. The Morgan fingerprint density at radius 3 is 2.65 bits per heavy atom. The maximum absolute atomic E-state index is 13.1. The summed E-state index contributed by atoms with van der Waals surface area (Å²) >= 11 is 5.25. The first-order chi connectivity index (χ1) is 15.0. The summed E-state index contributed by atoms with van der Waals surface area (Å²) in [4.78, 5) is 16.9. The van der Waals surface area contributed by atoms with E-state index in [0.29, 0.717) is 45.3 Å². The van der Waals surface area contributed by atoms with Crippen molar-refractivity contribution in [3.63, 3.8) is 0 Å². The van der Waals surface area contributed by atoms with Crippen molar-refractivity contribution in [3.8, 4) is 23.0 Å². The van der Waals surface area contributed by atoms with Crippen LogP contribution in [0.15, 0.2) is 65.1 Å². The Morgan fingerprint density at radius 2 is 1.81 bits per heavy atom. The molecular formula is C22H14FN3O4S. The van der Waals surface area contributed by atoms with Crippen molar-refractivity contribution in [2.24, 2.45) is 0 Å². The topological polar surface area (TPSA) is 85.6 Å². The standard InChI is InChI=1S/C22H14FN3O4S/c23-14-4-1-12(2-5-14)21-25-16-10-15(6-8-17(16)30-21)24-22(31)26-20(27)13-3-7-18-19(9-13)29-11-28-18/h1-10H,11H2,(H2,24,26,27,31). The van der Waals surface area contributed by atoms with Crippen molar-refractivity contribution >= 4 is 40.0 Å². The van der Waals surface area contributed by atoms with Gasteiger partial charge in [-0.1, -0.05) is 0 Å². The van der Waals surface area contributed by atoms with Crippen LogP contribution in [-0.4, -0.2) is 22.8 Å². The van der Waals surface area contributed by atoms with E-state index in [0.717, 1.165) is 0 Å². The first kappa shape index (κ1) is 19.0. The number of anilines is 1. The van der Waals surface area contributed by atoms with Crippen LogP contribution >= 0.6 is 12.2 Å². The van der Waals surface area contributed by atoms with Crippen molar-refractivity contribution in [2.45, 2.75) is 0 Å². The fourth-order valence-electron chi connectivity index (χ4n) is 3.10. The van der Waals surface area contributed by atoms with Crippen LogP contribution in [-0.2, 0) is 0 Å². The van der Waals surface area contributed by atoms with Crippen molar-refractivity contribution in [1.82, 2.24) is 10.3 Å². The highest BCUT2D eigenvalue weighted by molar-refractivity contribution is 7.80. The van der Waals surface area contributed by atoms with E-state index >= 15 is 0 Å². The van der Waals surface area contributed by atoms with Crippen molar-refractivity contribution in [1.29, 1.82) is 0 Å². The van der Waals surface area contributed by atoms with Crippen molar-refractivity contribution < 1.29 is 23.1 Å². The van der Waals surface area contributed by atoms with E-state index in [1.807, 2.05) is 0 Å². The molecule has 0 unspecified atom stereocenters. The summed E-state index contributed by atoms with van der Waals surface area (Å²) in [5, 5.41) is 5.71. The normalized spacial score (nSPS) is 12.0. The molecule has 0 spiro atoms. The Balaban J connectivity index is 1.29. The number of hydrogen-bond donors (Lipinski definition) is 2. The van der Waals surface area contributed by atoms with E-state index in [2.05, 4.69) is 15.6 Å². The molecule has 9 heteroatoms. The molecule has 0 saturated carbocycles. The predicted molar refractivity (Wildman–Crippen MR) is 116 cm³/mol. The van der Waals surface area contributed by atoms with Gasteiger partial charge in [0.2, 0.25) is 12.7 Å². The Morgan fingerprint density at radius 1 is 1.00 bits per heavy atom. The molecule has 1 aliphatic heterocycles. The molecule has 1 amide bonds. The summed E-state index contributed by atoms with van der Waals surface area (Å²) in [6, 6.07) is 16.0. The van der Waals surface area contributed by atoms with Crippen LogP contribution < -0.4 is 20.1 Å². The number of oxazole rings is 1. The van der Waals surface area contributed by atoms with Gasteiger partial charge in [-0.3, -0.25) is 10.1 Å². The molecule has 0 bridgehead atoms. The minimum absolute atomic E-state index is 0.129. The van der Waals surface area contributed by atoms with E-state index in [9.17, 15) is 9.18 Å². The molecule has 4 aromatic rings. The van der Waals surface area contributed by atoms with Gasteiger partial charge in [0.1, 0.15) is 11.3 Å².